The first-order chi connectivity index (χ1) is 15.4. The number of benzene rings is 2. The number of hydrogen-bond donors (Lipinski definition) is 2. The van der Waals surface area contributed by atoms with Gasteiger partial charge in [0.1, 0.15) is 4.88 Å². The Morgan fingerprint density at radius 1 is 1.00 bits per heavy atom. The van der Waals surface area contributed by atoms with E-state index in [1.54, 1.807) is 61.7 Å². The van der Waals surface area contributed by atoms with Crippen molar-refractivity contribution in [2.24, 2.45) is 5.10 Å². The van der Waals surface area contributed by atoms with Gasteiger partial charge in [-0.25, -0.2) is 5.43 Å². The van der Waals surface area contributed by atoms with Gasteiger partial charge in [-0.15, -0.1) is 11.3 Å². The first-order valence-electron chi connectivity index (χ1n) is 9.46. The quantitative estimate of drug-likeness (QED) is 0.269. The van der Waals surface area contributed by atoms with E-state index < -0.39 is 5.91 Å². The van der Waals surface area contributed by atoms with Crippen LogP contribution in [0.15, 0.2) is 72.1 Å². The Balaban J connectivity index is 1.48. The Hall–Kier alpha value is -3.26. The molecule has 0 saturated heterocycles. The second kappa shape index (κ2) is 9.48. The minimum Gasteiger partial charge on any atom is -0.322 e. The van der Waals surface area contributed by atoms with Crippen LogP contribution in [0.1, 0.15) is 32.5 Å². The molecule has 0 radical (unpaired) electrons. The maximum Gasteiger partial charge on any atom is 0.283 e. The molecule has 0 saturated carbocycles. The van der Waals surface area contributed by atoms with Gasteiger partial charge in [-0.2, -0.15) is 5.10 Å². The Bertz CT molecular complexity index is 1350. The number of carbonyl (C=O) groups excluding carboxylic acids is 2. The number of pyridine rings is 1. The van der Waals surface area contributed by atoms with E-state index >= 15 is 0 Å². The van der Waals surface area contributed by atoms with E-state index in [0.717, 1.165) is 15.6 Å². The number of nitrogens with one attached hydrogen (secondary N) is 2. The zero-order valence-corrected chi connectivity index (χ0v) is 19.1. The molecule has 32 heavy (non-hydrogen) atoms. The zero-order valence-electron chi connectivity index (χ0n) is 16.7. The summed E-state index contributed by atoms with van der Waals surface area (Å²) in [6, 6.07) is 15.8. The topological polar surface area (TPSA) is 83.5 Å². The number of hydrazone groups is 1. The molecule has 160 valence electrons. The molecular weight excluding hydrogens is 467 g/mol. The van der Waals surface area contributed by atoms with Crippen molar-refractivity contribution in [2.75, 3.05) is 5.32 Å². The fourth-order valence-corrected chi connectivity index (χ4v) is 4.64. The summed E-state index contributed by atoms with van der Waals surface area (Å²) >= 11 is 13.6. The van der Waals surface area contributed by atoms with Crippen molar-refractivity contribution in [3.05, 3.63) is 93.0 Å². The highest BCUT2D eigenvalue weighted by molar-refractivity contribution is 7.21. The third-order valence-electron chi connectivity index (χ3n) is 4.58. The molecule has 4 rings (SSSR count). The average molecular weight is 483 g/mol. The van der Waals surface area contributed by atoms with Crippen LogP contribution < -0.4 is 10.7 Å². The molecule has 4 aromatic rings. The monoisotopic (exact) mass is 482 g/mol. The Morgan fingerprint density at radius 3 is 2.59 bits per heavy atom. The van der Waals surface area contributed by atoms with E-state index in [-0.39, 0.29) is 5.91 Å². The van der Waals surface area contributed by atoms with Gasteiger partial charge in [0, 0.05) is 33.2 Å². The molecule has 2 heterocycles. The summed E-state index contributed by atoms with van der Waals surface area (Å²) in [5.74, 6) is -0.676. The van der Waals surface area contributed by atoms with Crippen LogP contribution in [0.25, 0.3) is 10.1 Å². The number of aromatic nitrogens is 1. The van der Waals surface area contributed by atoms with E-state index in [4.69, 9.17) is 23.2 Å². The predicted molar refractivity (Wildman–Crippen MR) is 130 cm³/mol. The molecule has 0 fully saturated rings. The second-order valence-corrected chi connectivity index (χ2v) is 8.67. The molecule has 0 bridgehead atoms. The predicted octanol–water partition coefficient (Wildman–Crippen LogP) is 6.01. The molecule has 0 aliphatic rings. The van der Waals surface area contributed by atoms with Gasteiger partial charge < -0.3 is 5.32 Å². The first kappa shape index (κ1) is 22.0. The number of carbonyl (C=O) groups is 2. The van der Waals surface area contributed by atoms with Crippen molar-refractivity contribution < 1.29 is 9.59 Å². The van der Waals surface area contributed by atoms with Gasteiger partial charge in [-0.3, -0.25) is 14.6 Å². The molecule has 2 amide bonds. The molecule has 2 aromatic carbocycles. The summed E-state index contributed by atoms with van der Waals surface area (Å²) in [5.41, 5.74) is 4.91. The minimum absolute atomic E-state index is 0.266. The van der Waals surface area contributed by atoms with E-state index in [2.05, 4.69) is 20.8 Å². The molecule has 0 atom stereocenters. The third kappa shape index (κ3) is 4.80. The van der Waals surface area contributed by atoms with Crippen molar-refractivity contribution in [2.45, 2.75) is 6.92 Å². The van der Waals surface area contributed by atoms with E-state index in [1.165, 1.54) is 17.5 Å². The highest BCUT2D eigenvalue weighted by Crippen LogP contribution is 2.36. The summed E-state index contributed by atoms with van der Waals surface area (Å²) in [6.07, 6.45) is 3.10. The number of thiophene rings is 1. The van der Waals surface area contributed by atoms with Crippen molar-refractivity contribution >= 4 is 67.8 Å². The lowest BCUT2D eigenvalue weighted by Gasteiger charge is -2.08. The maximum absolute atomic E-state index is 12.6. The second-order valence-electron chi connectivity index (χ2n) is 6.80. The molecule has 0 aliphatic heterocycles. The van der Waals surface area contributed by atoms with Crippen LogP contribution in [0.2, 0.25) is 10.0 Å². The summed E-state index contributed by atoms with van der Waals surface area (Å²) in [6.45, 7) is 1.76. The van der Waals surface area contributed by atoms with Crippen molar-refractivity contribution in [1.29, 1.82) is 0 Å². The lowest BCUT2D eigenvalue weighted by atomic mass is 10.1. The van der Waals surface area contributed by atoms with Gasteiger partial charge >= 0.3 is 0 Å². The lowest BCUT2D eigenvalue weighted by Crippen LogP contribution is -2.18. The molecule has 0 aliphatic carbocycles. The molecule has 2 aromatic heterocycles. The van der Waals surface area contributed by atoms with Crippen LogP contribution in [0.3, 0.4) is 0 Å². The van der Waals surface area contributed by atoms with Crippen LogP contribution in [0.5, 0.6) is 0 Å². The van der Waals surface area contributed by atoms with Crippen LogP contribution in [-0.2, 0) is 0 Å². The smallest absolute Gasteiger partial charge is 0.283 e. The first-order valence-corrected chi connectivity index (χ1v) is 11.0. The number of hydrogen-bond acceptors (Lipinski definition) is 5. The number of rotatable bonds is 5. The van der Waals surface area contributed by atoms with Crippen molar-refractivity contribution in [1.82, 2.24) is 10.4 Å². The largest absolute Gasteiger partial charge is 0.322 e. The molecule has 0 unspecified atom stereocenters. The fraction of sp³-hybridized carbons (Fsp3) is 0.0435. The Kier molecular flexibility index (Phi) is 6.50. The van der Waals surface area contributed by atoms with Gasteiger partial charge in [-0.05, 0) is 48.9 Å². The van der Waals surface area contributed by atoms with Gasteiger partial charge in [0.05, 0.1) is 16.3 Å². The van der Waals surface area contributed by atoms with Crippen molar-refractivity contribution in [3.8, 4) is 0 Å². The zero-order chi connectivity index (χ0) is 22.7. The summed E-state index contributed by atoms with van der Waals surface area (Å²) in [5, 5.41) is 8.73. The van der Waals surface area contributed by atoms with E-state index in [1.807, 2.05) is 6.07 Å². The maximum atomic E-state index is 12.6. The molecule has 6 nitrogen and oxygen atoms in total. The number of fused-ring (bicyclic) bond motifs is 1. The Labute approximate surface area is 197 Å². The highest BCUT2D eigenvalue weighted by Gasteiger charge is 2.17. The lowest BCUT2D eigenvalue weighted by molar-refractivity contribution is 0.0958. The summed E-state index contributed by atoms with van der Waals surface area (Å²) in [4.78, 5) is 29.3. The highest BCUT2D eigenvalue weighted by atomic mass is 35.5. The Morgan fingerprint density at radius 2 is 1.81 bits per heavy atom. The number of amides is 2. The van der Waals surface area contributed by atoms with Gasteiger partial charge in [0.25, 0.3) is 11.8 Å². The van der Waals surface area contributed by atoms with Gasteiger partial charge in [0.15, 0.2) is 0 Å². The molecular formula is C23H16Cl2N4O2S. The molecule has 9 heteroatoms. The van der Waals surface area contributed by atoms with Gasteiger partial charge in [0.2, 0.25) is 0 Å². The molecule has 0 spiro atoms. The van der Waals surface area contributed by atoms with Gasteiger partial charge in [-0.1, -0.05) is 41.4 Å². The number of anilines is 1. The van der Waals surface area contributed by atoms with Crippen LogP contribution in [-0.4, -0.2) is 22.5 Å². The summed E-state index contributed by atoms with van der Waals surface area (Å²) < 4.78 is 0.824. The normalized spacial score (nSPS) is 11.4. The van der Waals surface area contributed by atoms with Crippen LogP contribution >= 0.6 is 34.5 Å². The summed E-state index contributed by atoms with van der Waals surface area (Å²) in [7, 11) is 0. The third-order valence-corrected chi connectivity index (χ3v) is 6.48. The van der Waals surface area contributed by atoms with E-state index in [0.29, 0.717) is 31.9 Å². The SMILES string of the molecule is C/C(=N/NC(=O)c1sc2cc(Cl)ccc2c1Cl)c1cccc(NC(=O)c2cccnc2)c1. The van der Waals surface area contributed by atoms with E-state index in [9.17, 15) is 9.59 Å². The average Bonchev–Trinajstić information content (AvgIpc) is 3.13. The number of halogens is 2. The van der Waals surface area contributed by atoms with Crippen molar-refractivity contribution in [3.63, 3.8) is 0 Å². The fourth-order valence-electron chi connectivity index (χ4n) is 2.96. The standard InChI is InChI=1S/C23H16Cl2N4O2S/c1-13(14-4-2-6-17(10-14)27-22(30)15-5-3-9-26-12-15)28-29-23(31)21-20(25)18-8-7-16(24)11-19(18)32-21/h2-12H,1H3,(H,27,30)(H,29,31)/b28-13-. The molecule has 2 N–H and O–H groups in total. The minimum atomic E-state index is -0.410. The van der Waals surface area contributed by atoms with Crippen LogP contribution in [0.4, 0.5) is 5.69 Å². The van der Waals surface area contributed by atoms with Crippen LogP contribution in [0, 0.1) is 0 Å². The number of nitrogens with zero attached hydrogens (tertiary/aromatic N) is 2.